The van der Waals surface area contributed by atoms with Crippen LogP contribution in [-0.2, 0) is 0 Å². The first kappa shape index (κ1) is 24.7. The third-order valence-corrected chi connectivity index (χ3v) is 10.2. The molecule has 0 amide bonds. The van der Waals surface area contributed by atoms with Crippen molar-refractivity contribution < 1.29 is 4.42 Å². The molecule has 4 heteroatoms. The Hall–Kier alpha value is -5.71. The lowest BCUT2D eigenvalue weighted by Crippen LogP contribution is -2.00. The molecule has 10 rings (SSSR count). The molecule has 0 spiro atoms. The Bertz CT molecular complexity index is 2770. The van der Waals surface area contributed by atoms with Gasteiger partial charge in [0.15, 0.2) is 0 Å². The monoisotopic (exact) mass is 592 g/mol. The lowest BCUT2D eigenvalue weighted by Gasteiger charge is -2.13. The summed E-state index contributed by atoms with van der Waals surface area (Å²) < 4.78 is 11.2. The van der Waals surface area contributed by atoms with E-state index in [4.69, 9.17) is 9.40 Å². The summed E-state index contributed by atoms with van der Waals surface area (Å²) in [7, 11) is 0. The van der Waals surface area contributed by atoms with Crippen molar-refractivity contribution in [1.29, 1.82) is 0 Å². The lowest BCUT2D eigenvalue weighted by atomic mass is 10.0. The summed E-state index contributed by atoms with van der Waals surface area (Å²) in [4.78, 5) is 5.47. The van der Waals surface area contributed by atoms with Crippen LogP contribution in [0, 0.1) is 0 Å². The number of furan rings is 1. The summed E-state index contributed by atoms with van der Waals surface area (Å²) >= 11 is 1.84. The molecular weight excluding hydrogens is 569 g/mol. The molecular formula is C41H24N2OS. The third kappa shape index (κ3) is 3.67. The van der Waals surface area contributed by atoms with Gasteiger partial charge in [0.2, 0.25) is 0 Å². The quantitative estimate of drug-likeness (QED) is 0.204. The van der Waals surface area contributed by atoms with Crippen molar-refractivity contribution in [3.8, 4) is 28.2 Å². The molecule has 45 heavy (non-hydrogen) atoms. The van der Waals surface area contributed by atoms with Crippen molar-refractivity contribution in [2.45, 2.75) is 0 Å². The maximum Gasteiger partial charge on any atom is 0.138 e. The summed E-state index contributed by atoms with van der Waals surface area (Å²) in [5, 5.41) is 7.11. The van der Waals surface area contributed by atoms with E-state index < -0.39 is 0 Å². The van der Waals surface area contributed by atoms with Gasteiger partial charge in [-0.2, -0.15) is 0 Å². The van der Waals surface area contributed by atoms with Crippen molar-refractivity contribution in [2.75, 3.05) is 0 Å². The molecule has 0 fully saturated rings. The Morgan fingerprint density at radius 3 is 2.16 bits per heavy atom. The van der Waals surface area contributed by atoms with Crippen LogP contribution in [-0.4, -0.2) is 9.55 Å². The molecule has 0 radical (unpaired) electrons. The van der Waals surface area contributed by atoms with E-state index in [-0.39, 0.29) is 0 Å². The Morgan fingerprint density at radius 1 is 0.489 bits per heavy atom. The molecule has 0 N–H and O–H groups in total. The van der Waals surface area contributed by atoms with Crippen LogP contribution in [0.4, 0.5) is 0 Å². The Morgan fingerprint density at radius 2 is 1.24 bits per heavy atom. The van der Waals surface area contributed by atoms with Crippen LogP contribution < -0.4 is 0 Å². The van der Waals surface area contributed by atoms with Crippen LogP contribution in [0.1, 0.15) is 0 Å². The minimum absolute atomic E-state index is 0.891. The van der Waals surface area contributed by atoms with E-state index in [1.807, 2.05) is 23.5 Å². The fourth-order valence-electron chi connectivity index (χ4n) is 6.95. The van der Waals surface area contributed by atoms with Crippen LogP contribution in [0.3, 0.4) is 0 Å². The number of rotatable bonds is 3. The molecule has 3 nitrogen and oxygen atoms in total. The van der Waals surface area contributed by atoms with Gasteiger partial charge in [-0.05, 0) is 53.6 Å². The fraction of sp³-hybridized carbons (Fsp3) is 0. The average Bonchev–Trinajstić information content (AvgIpc) is 3.76. The second kappa shape index (κ2) is 9.39. The van der Waals surface area contributed by atoms with Gasteiger partial charge in [0, 0.05) is 47.3 Å². The van der Waals surface area contributed by atoms with Gasteiger partial charge >= 0.3 is 0 Å². The second-order valence-corrected chi connectivity index (χ2v) is 12.6. The van der Waals surface area contributed by atoms with Gasteiger partial charge < -0.3 is 4.42 Å². The minimum atomic E-state index is 0.891. The van der Waals surface area contributed by atoms with E-state index in [0.29, 0.717) is 0 Å². The number of nitrogens with zero attached hydrogens (tertiary/aromatic N) is 2. The third-order valence-electron chi connectivity index (χ3n) is 9.00. The standard InChI is InChI=1S/C41H24N2OS/c1-2-11-25(12-3-1)26-21-34(31-17-10-16-30-29-15-6-9-20-39(29)45-41(30)31)42-40(22-26)43-35-18-7-4-13-27(35)32-24-38-33(23-36(32)43)28-14-5-8-19-37(28)44-38/h1-24H. The van der Waals surface area contributed by atoms with E-state index >= 15 is 0 Å². The first-order chi connectivity index (χ1) is 22.3. The molecule has 6 aromatic carbocycles. The number of hydrogen-bond acceptors (Lipinski definition) is 3. The molecule has 10 aromatic rings. The predicted octanol–water partition coefficient (Wildman–Crippen LogP) is 11.8. The normalized spacial score (nSPS) is 12.0. The minimum Gasteiger partial charge on any atom is -0.456 e. The highest BCUT2D eigenvalue weighted by Gasteiger charge is 2.19. The largest absolute Gasteiger partial charge is 0.456 e. The van der Waals surface area contributed by atoms with Crippen LogP contribution in [0.5, 0.6) is 0 Å². The highest BCUT2D eigenvalue weighted by atomic mass is 32.1. The number of aromatic nitrogens is 2. The van der Waals surface area contributed by atoms with Crippen molar-refractivity contribution in [3.63, 3.8) is 0 Å². The summed E-state index contributed by atoms with van der Waals surface area (Å²) in [5.41, 5.74) is 8.44. The van der Waals surface area contributed by atoms with Gasteiger partial charge in [0.1, 0.15) is 17.0 Å². The number of hydrogen-bond donors (Lipinski definition) is 0. The Kier molecular flexibility index (Phi) is 5.16. The SMILES string of the molecule is c1ccc(-c2cc(-c3cccc4c3sc3ccccc34)nc(-n3c4ccccc4c4cc5oc6ccccc6c5cc43)c2)cc1. The molecule has 4 heterocycles. The zero-order chi connectivity index (χ0) is 29.5. The van der Waals surface area contributed by atoms with Crippen molar-refractivity contribution in [1.82, 2.24) is 9.55 Å². The zero-order valence-corrected chi connectivity index (χ0v) is 24.9. The summed E-state index contributed by atoms with van der Waals surface area (Å²) in [6.45, 7) is 0. The Balaban J connectivity index is 1.31. The smallest absolute Gasteiger partial charge is 0.138 e. The van der Waals surface area contributed by atoms with Crippen LogP contribution in [0.2, 0.25) is 0 Å². The molecule has 0 saturated carbocycles. The van der Waals surface area contributed by atoms with Gasteiger partial charge in [0.25, 0.3) is 0 Å². The lowest BCUT2D eigenvalue weighted by molar-refractivity contribution is 0.669. The number of para-hydroxylation sites is 2. The van der Waals surface area contributed by atoms with Crippen LogP contribution in [0.15, 0.2) is 150 Å². The summed E-state index contributed by atoms with van der Waals surface area (Å²) in [6, 6.07) is 51.7. The first-order valence-corrected chi connectivity index (χ1v) is 15.9. The van der Waals surface area contributed by atoms with Gasteiger partial charge in [-0.15, -0.1) is 11.3 Å². The molecule has 0 atom stereocenters. The predicted molar refractivity (Wildman–Crippen MR) is 190 cm³/mol. The van der Waals surface area contributed by atoms with E-state index in [1.165, 1.54) is 25.6 Å². The molecule has 0 aliphatic heterocycles. The van der Waals surface area contributed by atoms with Gasteiger partial charge in [-0.1, -0.05) is 103 Å². The Labute approximate surface area is 262 Å². The van der Waals surface area contributed by atoms with E-state index in [2.05, 4.69) is 138 Å². The van der Waals surface area contributed by atoms with Crippen molar-refractivity contribution in [3.05, 3.63) is 146 Å². The van der Waals surface area contributed by atoms with Gasteiger partial charge in [0.05, 0.1) is 16.7 Å². The highest BCUT2D eigenvalue weighted by Crippen LogP contribution is 2.42. The van der Waals surface area contributed by atoms with E-state index in [0.717, 1.165) is 66.6 Å². The molecule has 0 saturated heterocycles. The van der Waals surface area contributed by atoms with Crippen molar-refractivity contribution in [2.24, 2.45) is 0 Å². The molecule has 0 bridgehead atoms. The zero-order valence-electron chi connectivity index (χ0n) is 24.1. The van der Waals surface area contributed by atoms with Crippen LogP contribution in [0.25, 0.3) is 92.1 Å². The summed E-state index contributed by atoms with van der Waals surface area (Å²) in [6.07, 6.45) is 0. The number of benzene rings is 6. The topological polar surface area (TPSA) is 31.0 Å². The average molecular weight is 593 g/mol. The molecule has 210 valence electrons. The van der Waals surface area contributed by atoms with Crippen molar-refractivity contribution >= 4 is 75.3 Å². The molecule has 0 aliphatic carbocycles. The molecule has 0 aliphatic rings. The fourth-order valence-corrected chi connectivity index (χ4v) is 8.17. The highest BCUT2D eigenvalue weighted by molar-refractivity contribution is 7.26. The van der Waals surface area contributed by atoms with Gasteiger partial charge in [-0.25, -0.2) is 4.98 Å². The van der Waals surface area contributed by atoms with E-state index in [9.17, 15) is 0 Å². The summed E-state index contributed by atoms with van der Waals surface area (Å²) in [5.74, 6) is 0.891. The maximum absolute atomic E-state index is 6.32. The second-order valence-electron chi connectivity index (χ2n) is 11.6. The van der Waals surface area contributed by atoms with Crippen LogP contribution >= 0.6 is 11.3 Å². The number of thiophene rings is 1. The van der Waals surface area contributed by atoms with Gasteiger partial charge in [-0.3, -0.25) is 4.57 Å². The first-order valence-electron chi connectivity index (χ1n) is 15.1. The molecule has 4 aromatic heterocycles. The maximum atomic E-state index is 6.32. The molecule has 0 unspecified atom stereocenters. The van der Waals surface area contributed by atoms with E-state index in [1.54, 1.807) is 0 Å². The number of fused-ring (bicyclic) bond motifs is 9. The number of pyridine rings is 1.